The summed E-state index contributed by atoms with van der Waals surface area (Å²) in [6, 6.07) is 11.4. The van der Waals surface area contributed by atoms with Gasteiger partial charge in [0, 0.05) is 30.3 Å². The first kappa shape index (κ1) is 19.5. The first-order chi connectivity index (χ1) is 13.4. The molecule has 0 aliphatic carbocycles. The van der Waals surface area contributed by atoms with Crippen LogP contribution >= 0.6 is 0 Å². The first-order valence-electron chi connectivity index (χ1n) is 9.00. The van der Waals surface area contributed by atoms with Crippen molar-refractivity contribution in [2.45, 2.75) is 26.7 Å². The molecular weight excluding hydrogens is 359 g/mol. The Bertz CT molecular complexity index is 1010. The number of oxazole rings is 1. The van der Waals surface area contributed by atoms with Crippen molar-refractivity contribution in [3.63, 3.8) is 0 Å². The van der Waals surface area contributed by atoms with Crippen LogP contribution in [0.3, 0.4) is 0 Å². The summed E-state index contributed by atoms with van der Waals surface area (Å²) in [7, 11) is 1.62. The van der Waals surface area contributed by atoms with Gasteiger partial charge in [0.05, 0.1) is 12.6 Å². The van der Waals surface area contributed by atoms with Crippen LogP contribution in [-0.2, 0) is 11.2 Å². The number of Topliss-reactive ketones (excluding diaryl/α,β-unsaturated/α-hetero) is 1. The van der Waals surface area contributed by atoms with Crippen LogP contribution in [-0.4, -0.2) is 23.7 Å². The van der Waals surface area contributed by atoms with Gasteiger partial charge in [-0.15, -0.1) is 0 Å². The molecule has 6 heteroatoms. The lowest BCUT2D eigenvalue weighted by Crippen LogP contribution is -2.25. The van der Waals surface area contributed by atoms with Crippen molar-refractivity contribution >= 4 is 17.4 Å². The molecule has 0 saturated heterocycles. The number of anilines is 1. The van der Waals surface area contributed by atoms with Gasteiger partial charge in [0.2, 0.25) is 11.8 Å². The topological polar surface area (TPSA) is 63.4 Å². The van der Waals surface area contributed by atoms with Gasteiger partial charge in [0.25, 0.3) is 0 Å². The summed E-state index contributed by atoms with van der Waals surface area (Å²) in [4.78, 5) is 29.6. The average molecular weight is 380 g/mol. The van der Waals surface area contributed by atoms with E-state index in [0.717, 1.165) is 0 Å². The Morgan fingerprint density at radius 2 is 1.86 bits per heavy atom. The molecule has 0 radical (unpaired) electrons. The van der Waals surface area contributed by atoms with E-state index in [4.69, 9.17) is 4.42 Å². The molecule has 0 bridgehead atoms. The molecule has 0 aliphatic heterocycles. The minimum atomic E-state index is -0.428. The predicted molar refractivity (Wildman–Crippen MR) is 105 cm³/mol. The van der Waals surface area contributed by atoms with E-state index in [1.807, 2.05) is 0 Å². The quantitative estimate of drug-likeness (QED) is 0.587. The Balaban J connectivity index is 1.77. The van der Waals surface area contributed by atoms with E-state index in [0.29, 0.717) is 40.4 Å². The Morgan fingerprint density at radius 1 is 1.14 bits per heavy atom. The maximum atomic E-state index is 14.6. The van der Waals surface area contributed by atoms with Gasteiger partial charge in [0.15, 0.2) is 5.78 Å². The fourth-order valence-corrected chi connectivity index (χ4v) is 2.89. The molecule has 1 aromatic heterocycles. The molecule has 0 aliphatic rings. The molecule has 0 N–H and O–H groups in total. The molecule has 0 saturated carbocycles. The lowest BCUT2D eigenvalue weighted by atomic mass is 10.0. The number of rotatable bonds is 6. The highest BCUT2D eigenvalue weighted by Crippen LogP contribution is 2.27. The molecule has 2 aromatic carbocycles. The minimum absolute atomic E-state index is 0.0774. The second-order valence-electron chi connectivity index (χ2n) is 6.51. The number of carbonyl (C=O) groups excluding carboxylic acids is 2. The van der Waals surface area contributed by atoms with Gasteiger partial charge in [-0.3, -0.25) is 9.59 Å². The molecule has 0 fully saturated rings. The van der Waals surface area contributed by atoms with E-state index < -0.39 is 5.82 Å². The van der Waals surface area contributed by atoms with Crippen LogP contribution in [0.1, 0.15) is 35.4 Å². The van der Waals surface area contributed by atoms with E-state index in [1.54, 1.807) is 63.5 Å². The van der Waals surface area contributed by atoms with Crippen molar-refractivity contribution in [3.8, 4) is 11.1 Å². The van der Waals surface area contributed by atoms with Crippen LogP contribution in [0.25, 0.3) is 11.1 Å². The van der Waals surface area contributed by atoms with Crippen LogP contribution < -0.4 is 4.90 Å². The molecular formula is C22H21FN2O3. The Hall–Kier alpha value is -3.28. The SMILES string of the molecule is CCC(=O)N(C)c1ccc(-c2ccc(C(=O)Cc3ncc(C)o3)cc2)c(F)c1. The van der Waals surface area contributed by atoms with Crippen molar-refractivity contribution < 1.29 is 18.4 Å². The molecule has 0 unspecified atom stereocenters. The summed E-state index contributed by atoms with van der Waals surface area (Å²) in [6.45, 7) is 3.53. The van der Waals surface area contributed by atoms with Gasteiger partial charge in [-0.05, 0) is 30.7 Å². The summed E-state index contributed by atoms with van der Waals surface area (Å²) in [5.41, 5.74) is 2.06. The first-order valence-corrected chi connectivity index (χ1v) is 9.00. The number of hydrogen-bond donors (Lipinski definition) is 0. The number of nitrogens with zero attached hydrogens (tertiary/aromatic N) is 2. The lowest BCUT2D eigenvalue weighted by Gasteiger charge is -2.17. The van der Waals surface area contributed by atoms with Crippen LogP contribution in [0, 0.1) is 12.7 Å². The normalized spacial score (nSPS) is 10.7. The van der Waals surface area contributed by atoms with Gasteiger partial charge >= 0.3 is 0 Å². The molecule has 3 aromatic rings. The minimum Gasteiger partial charge on any atom is -0.446 e. The highest BCUT2D eigenvalue weighted by Gasteiger charge is 2.14. The summed E-state index contributed by atoms with van der Waals surface area (Å²) < 4.78 is 19.9. The number of hydrogen-bond acceptors (Lipinski definition) is 4. The smallest absolute Gasteiger partial charge is 0.226 e. The fourth-order valence-electron chi connectivity index (χ4n) is 2.89. The number of aromatic nitrogens is 1. The highest BCUT2D eigenvalue weighted by atomic mass is 19.1. The molecule has 144 valence electrons. The van der Waals surface area contributed by atoms with E-state index in [9.17, 15) is 14.0 Å². The molecule has 1 heterocycles. The van der Waals surface area contributed by atoms with Crippen LogP contribution in [0.5, 0.6) is 0 Å². The van der Waals surface area contributed by atoms with Gasteiger partial charge in [-0.25, -0.2) is 9.37 Å². The molecule has 28 heavy (non-hydrogen) atoms. The van der Waals surface area contributed by atoms with Crippen molar-refractivity contribution in [3.05, 3.63) is 71.7 Å². The number of amides is 1. The Labute approximate surface area is 162 Å². The molecule has 0 spiro atoms. The lowest BCUT2D eigenvalue weighted by molar-refractivity contribution is -0.118. The third kappa shape index (κ3) is 4.17. The maximum Gasteiger partial charge on any atom is 0.226 e. The second-order valence-corrected chi connectivity index (χ2v) is 6.51. The average Bonchev–Trinajstić information content (AvgIpc) is 3.11. The summed E-state index contributed by atoms with van der Waals surface area (Å²) in [5, 5.41) is 0. The third-order valence-electron chi connectivity index (χ3n) is 4.52. The zero-order valence-corrected chi connectivity index (χ0v) is 16.0. The maximum absolute atomic E-state index is 14.6. The number of aryl methyl sites for hydroxylation is 1. The third-order valence-corrected chi connectivity index (χ3v) is 4.52. The molecule has 5 nitrogen and oxygen atoms in total. The molecule has 3 rings (SSSR count). The number of benzene rings is 2. The predicted octanol–water partition coefficient (Wildman–Crippen LogP) is 4.59. The van der Waals surface area contributed by atoms with Crippen LogP contribution in [0.15, 0.2) is 53.1 Å². The van der Waals surface area contributed by atoms with Crippen molar-refractivity contribution in [2.75, 3.05) is 11.9 Å². The van der Waals surface area contributed by atoms with Gasteiger partial charge in [-0.2, -0.15) is 0 Å². The fraction of sp³-hybridized carbons (Fsp3) is 0.227. The van der Waals surface area contributed by atoms with Crippen molar-refractivity contribution in [1.29, 1.82) is 0 Å². The zero-order chi connectivity index (χ0) is 20.3. The zero-order valence-electron chi connectivity index (χ0n) is 16.0. The monoisotopic (exact) mass is 380 g/mol. The summed E-state index contributed by atoms with van der Waals surface area (Å²) in [6.07, 6.45) is 2.00. The largest absolute Gasteiger partial charge is 0.446 e. The van der Waals surface area contributed by atoms with Crippen molar-refractivity contribution in [2.24, 2.45) is 0 Å². The van der Waals surface area contributed by atoms with Gasteiger partial charge in [0.1, 0.15) is 11.6 Å². The number of halogens is 1. The van der Waals surface area contributed by atoms with E-state index in [-0.39, 0.29) is 18.1 Å². The highest BCUT2D eigenvalue weighted by molar-refractivity contribution is 5.97. The molecule has 1 amide bonds. The number of carbonyl (C=O) groups is 2. The van der Waals surface area contributed by atoms with Crippen LogP contribution in [0.2, 0.25) is 0 Å². The summed E-state index contributed by atoms with van der Waals surface area (Å²) >= 11 is 0. The Kier molecular flexibility index (Phi) is 5.68. The number of ketones is 1. The standard InChI is InChI=1S/C22H21FN2O3/c1-4-22(27)25(3)17-9-10-18(19(23)11-17)15-5-7-16(8-6-15)20(26)12-21-24-13-14(2)28-21/h5-11,13H,4,12H2,1-3H3. The molecule has 0 atom stereocenters. The van der Waals surface area contributed by atoms with Crippen molar-refractivity contribution in [1.82, 2.24) is 4.98 Å². The van der Waals surface area contributed by atoms with Gasteiger partial charge < -0.3 is 9.32 Å². The van der Waals surface area contributed by atoms with E-state index >= 15 is 0 Å². The van der Waals surface area contributed by atoms with E-state index in [1.165, 1.54) is 11.0 Å². The summed E-state index contributed by atoms with van der Waals surface area (Å²) in [5.74, 6) is 0.394. The van der Waals surface area contributed by atoms with Gasteiger partial charge in [-0.1, -0.05) is 31.2 Å². The second kappa shape index (κ2) is 8.17. The van der Waals surface area contributed by atoms with Crippen LogP contribution in [0.4, 0.5) is 10.1 Å². The van der Waals surface area contributed by atoms with E-state index in [2.05, 4.69) is 4.98 Å². The Morgan fingerprint density at radius 3 is 2.43 bits per heavy atom.